The van der Waals surface area contributed by atoms with Gasteiger partial charge in [0.2, 0.25) is 0 Å². The van der Waals surface area contributed by atoms with Crippen LogP contribution in [0.1, 0.15) is 18.4 Å². The number of aryl methyl sites for hydroxylation is 1. The Labute approximate surface area is 175 Å². The minimum atomic E-state index is 0. The van der Waals surface area contributed by atoms with Crippen LogP contribution in [0.3, 0.4) is 0 Å². The van der Waals surface area contributed by atoms with Crippen LogP contribution in [0.2, 0.25) is 0 Å². The number of ether oxygens (including phenoxy) is 2. The Hall–Kier alpha value is -1.06. The summed E-state index contributed by atoms with van der Waals surface area (Å²) < 4.78 is 10.2. The van der Waals surface area contributed by atoms with Gasteiger partial charge in [-0.2, -0.15) is 0 Å². The Morgan fingerprint density at radius 3 is 2.35 bits per heavy atom. The van der Waals surface area contributed by atoms with Gasteiger partial charge < -0.3 is 25.0 Å². The number of guanidine groups is 1. The molecule has 0 amide bonds. The van der Waals surface area contributed by atoms with Crippen molar-refractivity contribution in [2.75, 3.05) is 61.1 Å². The second-order valence-electron chi connectivity index (χ2n) is 6.03. The molecular weight excluding hydrogens is 443 g/mol. The van der Waals surface area contributed by atoms with Gasteiger partial charge in [-0.3, -0.25) is 4.99 Å². The second kappa shape index (κ2) is 16.1. The zero-order valence-electron chi connectivity index (χ0n) is 16.6. The van der Waals surface area contributed by atoms with Crippen molar-refractivity contribution in [1.29, 1.82) is 0 Å². The van der Waals surface area contributed by atoms with E-state index in [1.807, 2.05) is 12.1 Å². The first-order valence-electron chi connectivity index (χ1n) is 8.94. The van der Waals surface area contributed by atoms with Gasteiger partial charge in [-0.15, -0.1) is 24.0 Å². The molecule has 26 heavy (non-hydrogen) atoms. The summed E-state index contributed by atoms with van der Waals surface area (Å²) >= 11 is 0. The Kier molecular flexibility index (Phi) is 15.5. The average molecular weight is 478 g/mol. The lowest BCUT2D eigenvalue weighted by Gasteiger charge is -2.18. The van der Waals surface area contributed by atoms with E-state index >= 15 is 0 Å². The van der Waals surface area contributed by atoms with Gasteiger partial charge in [0.05, 0.1) is 7.11 Å². The third-order valence-corrected chi connectivity index (χ3v) is 3.99. The molecule has 0 atom stereocenters. The Balaban J connectivity index is 0.00000625. The molecular formula is C19H35IN4O2. The van der Waals surface area contributed by atoms with E-state index < -0.39 is 0 Å². The van der Waals surface area contributed by atoms with Crippen molar-refractivity contribution >= 4 is 29.9 Å². The average Bonchev–Trinajstić information content (AvgIpc) is 2.64. The van der Waals surface area contributed by atoms with Gasteiger partial charge in [0.1, 0.15) is 5.75 Å². The van der Waals surface area contributed by atoms with E-state index in [4.69, 9.17) is 9.47 Å². The minimum absolute atomic E-state index is 0. The number of hydrogen-bond donors (Lipinski definition) is 2. The van der Waals surface area contributed by atoms with Crippen LogP contribution < -0.4 is 15.4 Å². The van der Waals surface area contributed by atoms with Crippen molar-refractivity contribution in [3.8, 4) is 5.75 Å². The number of methoxy groups -OCH3 is 2. The lowest BCUT2D eigenvalue weighted by Crippen LogP contribution is -2.41. The first kappa shape index (κ1) is 24.9. The molecule has 0 aromatic heterocycles. The number of aliphatic imine (C=N–C) groups is 1. The molecule has 0 bridgehead atoms. The minimum Gasteiger partial charge on any atom is -0.497 e. The molecule has 1 aromatic rings. The van der Waals surface area contributed by atoms with Gasteiger partial charge in [0.15, 0.2) is 5.96 Å². The predicted octanol–water partition coefficient (Wildman–Crippen LogP) is 2.38. The summed E-state index contributed by atoms with van der Waals surface area (Å²) in [6.45, 7) is 4.62. The number of benzene rings is 1. The Morgan fingerprint density at radius 1 is 1.04 bits per heavy atom. The zero-order valence-corrected chi connectivity index (χ0v) is 18.9. The first-order chi connectivity index (χ1) is 12.2. The highest BCUT2D eigenvalue weighted by atomic mass is 127. The van der Waals surface area contributed by atoms with E-state index in [1.165, 1.54) is 5.56 Å². The number of rotatable bonds is 12. The molecule has 6 nitrogen and oxygen atoms in total. The Bertz CT molecular complexity index is 483. The van der Waals surface area contributed by atoms with Gasteiger partial charge in [0, 0.05) is 46.9 Å². The molecule has 0 unspecified atom stereocenters. The molecule has 0 radical (unpaired) electrons. The summed E-state index contributed by atoms with van der Waals surface area (Å²) in [4.78, 5) is 6.56. The molecule has 0 saturated heterocycles. The molecule has 1 aromatic carbocycles. The highest BCUT2D eigenvalue weighted by Gasteiger charge is 2.01. The fraction of sp³-hybridized carbons (Fsp3) is 0.632. The quantitative estimate of drug-likeness (QED) is 0.209. The lowest BCUT2D eigenvalue weighted by molar-refractivity contribution is 0.180. The molecule has 0 heterocycles. The van der Waals surface area contributed by atoms with Crippen LogP contribution in [0.15, 0.2) is 29.3 Å². The maximum atomic E-state index is 5.18. The van der Waals surface area contributed by atoms with Crippen molar-refractivity contribution in [1.82, 2.24) is 15.5 Å². The molecule has 2 N–H and O–H groups in total. The van der Waals surface area contributed by atoms with Crippen LogP contribution in [-0.2, 0) is 11.2 Å². The molecule has 150 valence electrons. The summed E-state index contributed by atoms with van der Waals surface area (Å²) in [7, 11) is 7.37. The van der Waals surface area contributed by atoms with E-state index in [0.717, 1.165) is 63.8 Å². The fourth-order valence-corrected chi connectivity index (χ4v) is 2.47. The number of likely N-dealkylation sites (N-methyl/N-ethyl adjacent to an activating group) is 1. The molecule has 1 rings (SSSR count). The number of nitrogens with one attached hydrogen (secondary N) is 2. The molecule has 0 fully saturated rings. The molecule has 0 aliphatic carbocycles. The van der Waals surface area contributed by atoms with E-state index in [2.05, 4.69) is 39.7 Å². The monoisotopic (exact) mass is 478 g/mol. The van der Waals surface area contributed by atoms with E-state index in [0.29, 0.717) is 0 Å². The van der Waals surface area contributed by atoms with Crippen LogP contribution >= 0.6 is 24.0 Å². The smallest absolute Gasteiger partial charge is 0.191 e. The summed E-state index contributed by atoms with van der Waals surface area (Å²) in [6.07, 6.45) is 3.16. The number of halogens is 1. The number of nitrogens with zero attached hydrogens (tertiary/aromatic N) is 2. The Morgan fingerprint density at radius 2 is 1.73 bits per heavy atom. The molecule has 7 heteroatoms. The largest absolute Gasteiger partial charge is 0.497 e. The van der Waals surface area contributed by atoms with Crippen molar-refractivity contribution in [2.24, 2.45) is 4.99 Å². The van der Waals surface area contributed by atoms with Crippen molar-refractivity contribution in [2.45, 2.75) is 19.3 Å². The van der Waals surface area contributed by atoms with E-state index in [1.54, 1.807) is 21.3 Å². The maximum absolute atomic E-state index is 5.18. The van der Waals surface area contributed by atoms with Gasteiger partial charge >= 0.3 is 0 Å². The lowest BCUT2D eigenvalue weighted by atomic mass is 10.1. The predicted molar refractivity (Wildman–Crippen MR) is 120 cm³/mol. The molecule has 0 aliphatic heterocycles. The van der Waals surface area contributed by atoms with E-state index in [9.17, 15) is 0 Å². The summed E-state index contributed by atoms with van der Waals surface area (Å²) in [6, 6.07) is 8.25. The van der Waals surface area contributed by atoms with Crippen molar-refractivity contribution < 1.29 is 9.47 Å². The van der Waals surface area contributed by atoms with Crippen LogP contribution in [0, 0.1) is 0 Å². The van der Waals surface area contributed by atoms with E-state index in [-0.39, 0.29) is 24.0 Å². The summed E-state index contributed by atoms with van der Waals surface area (Å²) in [5.41, 5.74) is 1.32. The van der Waals surface area contributed by atoms with Crippen LogP contribution in [-0.4, -0.2) is 72.0 Å². The SMILES string of the molecule is CN=C(NCCCc1ccc(OC)cc1)NCCN(C)CCCOC.I. The molecule has 0 spiro atoms. The van der Waals surface area contributed by atoms with Gasteiger partial charge in [0.25, 0.3) is 0 Å². The highest BCUT2D eigenvalue weighted by molar-refractivity contribution is 14.0. The maximum Gasteiger partial charge on any atom is 0.191 e. The van der Waals surface area contributed by atoms with Crippen LogP contribution in [0.4, 0.5) is 0 Å². The normalized spacial score (nSPS) is 11.2. The van der Waals surface area contributed by atoms with Gasteiger partial charge in [-0.1, -0.05) is 12.1 Å². The first-order valence-corrected chi connectivity index (χ1v) is 8.94. The zero-order chi connectivity index (χ0) is 18.3. The number of hydrogen-bond acceptors (Lipinski definition) is 4. The highest BCUT2D eigenvalue weighted by Crippen LogP contribution is 2.12. The van der Waals surface area contributed by atoms with Crippen LogP contribution in [0.25, 0.3) is 0 Å². The van der Waals surface area contributed by atoms with Crippen LogP contribution in [0.5, 0.6) is 5.75 Å². The standard InChI is InChI=1S/C19H34N4O2.HI/c1-20-19(22-13-15-23(2)14-6-16-24-3)21-12-5-7-17-8-10-18(25-4)11-9-17;/h8-11H,5-7,12-16H2,1-4H3,(H2,20,21,22);1H. The molecule has 0 aliphatic rings. The topological polar surface area (TPSA) is 58.1 Å². The molecule has 0 saturated carbocycles. The summed E-state index contributed by atoms with van der Waals surface area (Å²) in [5.74, 6) is 1.76. The van der Waals surface area contributed by atoms with Gasteiger partial charge in [-0.25, -0.2) is 0 Å². The van der Waals surface area contributed by atoms with Crippen molar-refractivity contribution in [3.05, 3.63) is 29.8 Å². The van der Waals surface area contributed by atoms with Crippen molar-refractivity contribution in [3.63, 3.8) is 0 Å². The third kappa shape index (κ3) is 11.5. The summed E-state index contributed by atoms with van der Waals surface area (Å²) in [5, 5.41) is 6.72. The van der Waals surface area contributed by atoms with Gasteiger partial charge in [-0.05, 0) is 44.0 Å². The second-order valence-corrected chi connectivity index (χ2v) is 6.03. The fourth-order valence-electron chi connectivity index (χ4n) is 2.47. The third-order valence-electron chi connectivity index (χ3n) is 3.99.